The second kappa shape index (κ2) is 7.94. The maximum Gasteiger partial charge on any atom is 0.282 e. The van der Waals surface area contributed by atoms with Gasteiger partial charge in [-0.25, -0.2) is 9.29 Å². The van der Waals surface area contributed by atoms with Crippen molar-refractivity contribution in [2.45, 2.75) is 0 Å². The molecule has 0 radical (unpaired) electrons. The zero-order valence-electron chi connectivity index (χ0n) is 15.8. The number of imide groups is 1. The summed E-state index contributed by atoms with van der Waals surface area (Å²) in [7, 11) is 1.70. The molecule has 0 aliphatic carbocycles. The van der Waals surface area contributed by atoms with E-state index in [0.717, 1.165) is 10.6 Å². The van der Waals surface area contributed by atoms with Gasteiger partial charge in [0.15, 0.2) is 0 Å². The number of carbonyl (C=O) groups excluding carboxylic acids is 2. The van der Waals surface area contributed by atoms with Crippen LogP contribution in [0.3, 0.4) is 0 Å². The van der Waals surface area contributed by atoms with Crippen LogP contribution in [0, 0.1) is 5.82 Å². The van der Waals surface area contributed by atoms with Gasteiger partial charge < -0.3 is 4.90 Å². The molecule has 150 valence electrons. The van der Waals surface area contributed by atoms with Crippen LogP contribution in [-0.2, 0) is 9.59 Å². The van der Waals surface area contributed by atoms with Crippen molar-refractivity contribution in [3.8, 4) is 0 Å². The van der Waals surface area contributed by atoms with Crippen molar-refractivity contribution in [2.24, 2.45) is 0 Å². The van der Waals surface area contributed by atoms with Crippen LogP contribution in [0.15, 0.2) is 78.5 Å². The summed E-state index contributed by atoms with van der Waals surface area (Å²) in [6.07, 6.45) is 0. The Morgan fingerprint density at radius 1 is 0.833 bits per heavy atom. The van der Waals surface area contributed by atoms with Crippen LogP contribution in [0.4, 0.5) is 15.8 Å². The van der Waals surface area contributed by atoms with E-state index >= 15 is 0 Å². The van der Waals surface area contributed by atoms with Crippen molar-refractivity contribution in [3.63, 3.8) is 0 Å². The molecule has 1 aliphatic heterocycles. The Balaban J connectivity index is 1.89. The lowest BCUT2D eigenvalue weighted by Gasteiger charge is -2.21. The van der Waals surface area contributed by atoms with Gasteiger partial charge in [0.25, 0.3) is 11.8 Å². The van der Waals surface area contributed by atoms with Gasteiger partial charge in [-0.3, -0.25) is 9.59 Å². The first-order chi connectivity index (χ1) is 14.4. The third kappa shape index (κ3) is 3.58. The lowest BCUT2D eigenvalue weighted by molar-refractivity contribution is -0.120. The van der Waals surface area contributed by atoms with Crippen molar-refractivity contribution in [2.75, 3.05) is 16.8 Å². The first-order valence-corrected chi connectivity index (χ1v) is 9.76. The maximum absolute atomic E-state index is 13.5. The van der Waals surface area contributed by atoms with E-state index < -0.39 is 17.6 Å². The van der Waals surface area contributed by atoms with Crippen molar-refractivity contribution in [3.05, 3.63) is 99.9 Å². The topological polar surface area (TPSA) is 40.6 Å². The van der Waals surface area contributed by atoms with Crippen LogP contribution in [0.2, 0.25) is 10.0 Å². The highest BCUT2D eigenvalue weighted by atomic mass is 35.5. The predicted molar refractivity (Wildman–Crippen MR) is 117 cm³/mol. The fraction of sp³-hybridized carbons (Fsp3) is 0.0435. The summed E-state index contributed by atoms with van der Waals surface area (Å²) < 4.78 is 13.5. The normalized spacial score (nSPS) is 13.9. The van der Waals surface area contributed by atoms with Crippen LogP contribution in [0.25, 0.3) is 5.57 Å². The van der Waals surface area contributed by atoms with Gasteiger partial charge >= 0.3 is 0 Å². The van der Waals surface area contributed by atoms with Crippen molar-refractivity contribution < 1.29 is 14.0 Å². The zero-order chi connectivity index (χ0) is 21.4. The summed E-state index contributed by atoms with van der Waals surface area (Å²) in [6, 6.07) is 19.1. The molecule has 30 heavy (non-hydrogen) atoms. The maximum atomic E-state index is 13.5. The number of para-hydroxylation sites is 1. The molecule has 0 unspecified atom stereocenters. The summed E-state index contributed by atoms with van der Waals surface area (Å²) in [5.74, 6) is -1.50. The number of anilines is 2. The molecule has 1 heterocycles. The van der Waals surface area contributed by atoms with E-state index in [1.165, 1.54) is 42.5 Å². The van der Waals surface area contributed by atoms with E-state index in [-0.39, 0.29) is 17.0 Å². The summed E-state index contributed by atoms with van der Waals surface area (Å²) in [5, 5.41) is 0.595. The number of benzene rings is 3. The van der Waals surface area contributed by atoms with Crippen LogP contribution in [0.1, 0.15) is 5.56 Å². The van der Waals surface area contributed by atoms with Gasteiger partial charge in [-0.1, -0.05) is 53.5 Å². The molecule has 0 atom stereocenters. The molecule has 3 aromatic rings. The predicted octanol–water partition coefficient (Wildman–Crippen LogP) is 5.55. The minimum absolute atomic E-state index is 0.169. The van der Waals surface area contributed by atoms with E-state index in [4.69, 9.17) is 23.2 Å². The van der Waals surface area contributed by atoms with Gasteiger partial charge in [0.05, 0.1) is 11.3 Å². The zero-order valence-corrected chi connectivity index (χ0v) is 17.3. The molecule has 2 amide bonds. The van der Waals surface area contributed by atoms with Gasteiger partial charge in [0, 0.05) is 22.8 Å². The van der Waals surface area contributed by atoms with Crippen LogP contribution in [0.5, 0.6) is 0 Å². The molecular weight excluding hydrogens is 426 g/mol. The number of carbonyl (C=O) groups is 2. The third-order valence-electron chi connectivity index (χ3n) is 4.78. The Kier molecular flexibility index (Phi) is 5.33. The molecule has 0 spiro atoms. The summed E-state index contributed by atoms with van der Waals surface area (Å²) in [5.41, 5.74) is 1.76. The Morgan fingerprint density at radius 2 is 1.43 bits per heavy atom. The molecule has 0 saturated carbocycles. The van der Waals surface area contributed by atoms with Gasteiger partial charge in [0.2, 0.25) is 0 Å². The Hall–Kier alpha value is -3.15. The standard InChI is InChI=1S/C23H15Cl2FN2O2/c1-27(18-5-3-2-4-6-18)21-20(14-7-9-17(26)10-8-14)22(29)28(23(21)30)19-12-15(24)11-16(25)13-19/h2-13H,1H3. The molecule has 1 aliphatic rings. The number of halogens is 3. The number of rotatable bonds is 4. The highest BCUT2D eigenvalue weighted by molar-refractivity contribution is 6.47. The van der Waals surface area contributed by atoms with E-state index in [1.54, 1.807) is 11.9 Å². The average molecular weight is 441 g/mol. The SMILES string of the molecule is CN(C1=C(c2ccc(F)cc2)C(=O)N(c2cc(Cl)cc(Cl)c2)C1=O)c1ccccc1. The van der Waals surface area contributed by atoms with Crippen LogP contribution >= 0.6 is 23.2 Å². The Bertz CT molecular complexity index is 1160. The van der Waals surface area contributed by atoms with Gasteiger partial charge in [-0.05, 0) is 48.0 Å². The van der Waals surface area contributed by atoms with E-state index in [1.807, 2.05) is 30.3 Å². The number of nitrogens with zero attached hydrogens (tertiary/aromatic N) is 2. The fourth-order valence-electron chi connectivity index (χ4n) is 3.39. The minimum atomic E-state index is -0.539. The van der Waals surface area contributed by atoms with Crippen LogP contribution in [-0.4, -0.2) is 18.9 Å². The number of likely N-dealkylation sites (N-methyl/N-ethyl adjacent to an activating group) is 1. The van der Waals surface area contributed by atoms with Crippen molar-refractivity contribution >= 4 is 52.0 Å². The minimum Gasteiger partial charge on any atom is -0.339 e. The molecule has 0 aromatic heterocycles. The van der Waals surface area contributed by atoms with Crippen molar-refractivity contribution in [1.29, 1.82) is 0 Å². The highest BCUT2D eigenvalue weighted by Gasteiger charge is 2.42. The van der Waals surface area contributed by atoms with Gasteiger partial charge in [-0.15, -0.1) is 0 Å². The molecule has 0 fully saturated rings. The third-order valence-corrected chi connectivity index (χ3v) is 5.21. The van der Waals surface area contributed by atoms with E-state index in [9.17, 15) is 14.0 Å². The fourth-order valence-corrected chi connectivity index (χ4v) is 3.90. The molecule has 4 rings (SSSR count). The second-order valence-corrected chi connectivity index (χ2v) is 7.57. The average Bonchev–Trinajstić information content (AvgIpc) is 2.98. The van der Waals surface area contributed by atoms with E-state index in [2.05, 4.69) is 0 Å². The molecule has 0 N–H and O–H groups in total. The van der Waals surface area contributed by atoms with Gasteiger partial charge in [-0.2, -0.15) is 0 Å². The smallest absolute Gasteiger partial charge is 0.282 e. The first-order valence-electron chi connectivity index (χ1n) is 9.00. The monoisotopic (exact) mass is 440 g/mol. The number of hydrogen-bond donors (Lipinski definition) is 0. The summed E-state index contributed by atoms with van der Waals surface area (Å²) in [6.45, 7) is 0. The van der Waals surface area contributed by atoms with Gasteiger partial charge in [0.1, 0.15) is 11.5 Å². The second-order valence-electron chi connectivity index (χ2n) is 6.70. The molecule has 3 aromatic carbocycles. The highest BCUT2D eigenvalue weighted by Crippen LogP contribution is 2.37. The first kappa shape index (κ1) is 20.1. The summed E-state index contributed by atoms with van der Waals surface area (Å²) in [4.78, 5) is 29.5. The molecule has 0 saturated heterocycles. The lowest BCUT2D eigenvalue weighted by Crippen LogP contribution is -2.34. The number of amides is 2. The van der Waals surface area contributed by atoms with Crippen molar-refractivity contribution in [1.82, 2.24) is 0 Å². The summed E-state index contributed by atoms with van der Waals surface area (Å²) >= 11 is 12.2. The quantitative estimate of drug-likeness (QED) is 0.499. The number of hydrogen-bond acceptors (Lipinski definition) is 3. The molecule has 7 heteroatoms. The largest absolute Gasteiger partial charge is 0.339 e. The Labute approximate surface area is 182 Å². The van der Waals surface area contributed by atoms with Crippen LogP contribution < -0.4 is 9.80 Å². The Morgan fingerprint density at radius 3 is 2.03 bits per heavy atom. The molecular formula is C23H15Cl2FN2O2. The van der Waals surface area contributed by atoms with E-state index in [0.29, 0.717) is 15.6 Å². The lowest BCUT2D eigenvalue weighted by atomic mass is 10.0. The molecule has 4 nitrogen and oxygen atoms in total. The molecule has 0 bridgehead atoms.